The fourth-order valence-corrected chi connectivity index (χ4v) is 7.76. The van der Waals surface area contributed by atoms with Gasteiger partial charge in [-0.2, -0.15) is 0 Å². The molecule has 0 fully saturated rings. The second kappa shape index (κ2) is 32.3. The summed E-state index contributed by atoms with van der Waals surface area (Å²) in [5.41, 5.74) is 0. The van der Waals surface area contributed by atoms with E-state index in [0.717, 1.165) is 25.7 Å². The largest absolute Gasteiger partial charge is 0.361 e. The predicted octanol–water partition coefficient (Wildman–Crippen LogP) is 14.3. The van der Waals surface area contributed by atoms with E-state index in [1.165, 1.54) is 167 Å². The van der Waals surface area contributed by atoms with Gasteiger partial charge in [-0.1, -0.05) is 212 Å². The molecule has 0 amide bonds. The van der Waals surface area contributed by atoms with Crippen LogP contribution in [0, 0.1) is 0 Å². The fourth-order valence-electron chi connectivity index (χ4n) is 6.11. The van der Waals surface area contributed by atoms with Crippen LogP contribution >= 0.6 is 7.60 Å². The van der Waals surface area contributed by atoms with Gasteiger partial charge in [-0.3, -0.25) is 4.57 Å². The number of rotatable bonds is 35. The zero-order valence-electron chi connectivity index (χ0n) is 29.7. The third-order valence-corrected chi connectivity index (χ3v) is 11.1. The average molecular weight is 635 g/mol. The predicted molar refractivity (Wildman–Crippen MR) is 195 cm³/mol. The standard InChI is InChI=1S/C40H75O3P/c1-3-5-7-9-11-13-15-17-19-21-23-25-27-29-34-38-42-44(41,40-36-32-31-33-37-40)43-39-35-30-28-26-24-22-20-18-16-14-12-10-8-6-4-2/h31-33,36-37H,3-30,34-35,38-39H2,1-2H3. The van der Waals surface area contributed by atoms with Crippen LogP contribution in [0.15, 0.2) is 30.3 Å². The SMILES string of the molecule is CCCCCCCCCCCCCCCCCOP(=O)(OCCCCCCCCCCCCCCCCC)c1ccccc1. The third-order valence-electron chi connectivity index (χ3n) is 9.09. The van der Waals surface area contributed by atoms with Crippen molar-refractivity contribution in [3.05, 3.63) is 30.3 Å². The number of unbranched alkanes of at least 4 members (excludes halogenated alkanes) is 28. The summed E-state index contributed by atoms with van der Waals surface area (Å²) in [5.74, 6) is 0. The lowest BCUT2D eigenvalue weighted by Gasteiger charge is -2.19. The first-order chi connectivity index (χ1) is 21.7. The van der Waals surface area contributed by atoms with Gasteiger partial charge >= 0.3 is 7.60 Å². The van der Waals surface area contributed by atoms with E-state index in [2.05, 4.69) is 13.8 Å². The maximum absolute atomic E-state index is 13.7. The minimum absolute atomic E-state index is 0.517. The first-order valence-electron chi connectivity index (χ1n) is 19.7. The van der Waals surface area contributed by atoms with Crippen molar-refractivity contribution in [2.75, 3.05) is 13.2 Å². The monoisotopic (exact) mass is 635 g/mol. The Morgan fingerprint density at radius 2 is 0.636 bits per heavy atom. The molecule has 0 unspecified atom stereocenters. The van der Waals surface area contributed by atoms with E-state index in [0.29, 0.717) is 18.5 Å². The van der Waals surface area contributed by atoms with E-state index >= 15 is 0 Å². The Morgan fingerprint density at radius 3 is 0.909 bits per heavy atom. The normalized spacial score (nSPS) is 11.9. The molecule has 44 heavy (non-hydrogen) atoms. The highest BCUT2D eigenvalue weighted by Gasteiger charge is 2.27. The summed E-state index contributed by atoms with van der Waals surface area (Å²) in [4.78, 5) is 0. The molecule has 1 aromatic carbocycles. The summed E-state index contributed by atoms with van der Waals surface area (Å²) in [6.07, 6.45) is 40.2. The van der Waals surface area contributed by atoms with Crippen molar-refractivity contribution in [2.24, 2.45) is 0 Å². The molecule has 0 bridgehead atoms. The summed E-state index contributed by atoms with van der Waals surface area (Å²) >= 11 is 0. The molecule has 0 spiro atoms. The van der Waals surface area contributed by atoms with Gasteiger partial charge in [0.15, 0.2) is 0 Å². The summed E-state index contributed by atoms with van der Waals surface area (Å²) in [6, 6.07) is 9.59. The lowest BCUT2D eigenvalue weighted by molar-refractivity contribution is 0.206. The van der Waals surface area contributed by atoms with Gasteiger partial charge < -0.3 is 9.05 Å². The Morgan fingerprint density at radius 1 is 0.386 bits per heavy atom. The van der Waals surface area contributed by atoms with Crippen molar-refractivity contribution >= 4 is 12.9 Å². The summed E-state index contributed by atoms with van der Waals surface area (Å²) in [5, 5.41) is 0.696. The molecular formula is C40H75O3P. The highest BCUT2D eigenvalue weighted by molar-refractivity contribution is 7.62. The molecule has 0 saturated carbocycles. The quantitative estimate of drug-likeness (QED) is 0.0550. The van der Waals surface area contributed by atoms with Crippen molar-refractivity contribution < 1.29 is 13.6 Å². The molecule has 1 aromatic rings. The molecular weight excluding hydrogens is 559 g/mol. The molecule has 0 N–H and O–H groups in total. The highest BCUT2D eigenvalue weighted by Crippen LogP contribution is 2.47. The van der Waals surface area contributed by atoms with Crippen LogP contribution in [0.4, 0.5) is 0 Å². The van der Waals surface area contributed by atoms with E-state index in [4.69, 9.17) is 9.05 Å². The minimum atomic E-state index is -3.25. The van der Waals surface area contributed by atoms with Crippen LogP contribution in [-0.2, 0) is 13.6 Å². The topological polar surface area (TPSA) is 35.5 Å². The summed E-state index contributed by atoms with van der Waals surface area (Å²) < 4.78 is 25.6. The molecule has 0 heterocycles. The van der Waals surface area contributed by atoms with Gasteiger partial charge in [-0.05, 0) is 25.0 Å². The number of hydrogen-bond acceptors (Lipinski definition) is 3. The van der Waals surface area contributed by atoms with Gasteiger partial charge in [-0.25, -0.2) is 0 Å². The van der Waals surface area contributed by atoms with Gasteiger partial charge in [-0.15, -0.1) is 0 Å². The van der Waals surface area contributed by atoms with Gasteiger partial charge in [0.05, 0.1) is 18.5 Å². The molecule has 258 valence electrons. The van der Waals surface area contributed by atoms with Crippen LogP contribution in [0.5, 0.6) is 0 Å². The second-order valence-corrected chi connectivity index (χ2v) is 15.4. The van der Waals surface area contributed by atoms with Crippen LogP contribution in [0.25, 0.3) is 0 Å². The van der Waals surface area contributed by atoms with Crippen molar-refractivity contribution in [1.29, 1.82) is 0 Å². The summed E-state index contributed by atoms with van der Waals surface area (Å²) in [7, 11) is -3.25. The molecule has 1 rings (SSSR count). The second-order valence-electron chi connectivity index (χ2n) is 13.4. The highest BCUT2D eigenvalue weighted by atomic mass is 31.2. The molecule has 0 aliphatic rings. The minimum Gasteiger partial charge on any atom is -0.305 e. The molecule has 0 aliphatic carbocycles. The Bertz CT molecular complexity index is 697. The van der Waals surface area contributed by atoms with Crippen molar-refractivity contribution in [3.63, 3.8) is 0 Å². The average Bonchev–Trinajstić information content (AvgIpc) is 3.04. The molecule has 0 aromatic heterocycles. The van der Waals surface area contributed by atoms with E-state index in [-0.39, 0.29) is 0 Å². The van der Waals surface area contributed by atoms with E-state index < -0.39 is 7.60 Å². The maximum Gasteiger partial charge on any atom is 0.361 e. The maximum atomic E-state index is 13.7. The first kappa shape index (κ1) is 41.4. The lowest BCUT2D eigenvalue weighted by atomic mass is 10.0. The Hall–Kier alpha value is -0.630. The first-order valence-corrected chi connectivity index (χ1v) is 21.2. The molecule has 3 nitrogen and oxygen atoms in total. The van der Waals surface area contributed by atoms with Crippen molar-refractivity contribution in [2.45, 2.75) is 206 Å². The number of hydrogen-bond donors (Lipinski definition) is 0. The van der Waals surface area contributed by atoms with E-state index in [1.54, 1.807) is 0 Å². The Kier molecular flexibility index (Phi) is 30.4. The van der Waals surface area contributed by atoms with Gasteiger partial charge in [0.1, 0.15) is 0 Å². The lowest BCUT2D eigenvalue weighted by Crippen LogP contribution is -2.11. The zero-order chi connectivity index (χ0) is 31.7. The smallest absolute Gasteiger partial charge is 0.305 e. The van der Waals surface area contributed by atoms with E-state index in [1.807, 2.05) is 30.3 Å². The molecule has 0 aliphatic heterocycles. The summed E-state index contributed by atoms with van der Waals surface area (Å²) in [6.45, 7) is 5.61. The van der Waals surface area contributed by atoms with Crippen molar-refractivity contribution in [3.8, 4) is 0 Å². The third kappa shape index (κ3) is 25.5. The Labute approximate surface area is 276 Å². The van der Waals surface area contributed by atoms with Crippen LogP contribution in [0.3, 0.4) is 0 Å². The molecule has 0 radical (unpaired) electrons. The van der Waals surface area contributed by atoms with Crippen LogP contribution < -0.4 is 5.30 Å². The Balaban J connectivity index is 2.03. The number of benzene rings is 1. The molecule has 4 heteroatoms. The zero-order valence-corrected chi connectivity index (χ0v) is 30.6. The van der Waals surface area contributed by atoms with Gasteiger partial charge in [0, 0.05) is 0 Å². The van der Waals surface area contributed by atoms with Crippen molar-refractivity contribution in [1.82, 2.24) is 0 Å². The van der Waals surface area contributed by atoms with Crippen LogP contribution in [0.1, 0.15) is 206 Å². The molecule has 0 saturated heterocycles. The van der Waals surface area contributed by atoms with Crippen LogP contribution in [0.2, 0.25) is 0 Å². The van der Waals surface area contributed by atoms with E-state index in [9.17, 15) is 4.57 Å². The van der Waals surface area contributed by atoms with Gasteiger partial charge in [0.25, 0.3) is 0 Å². The van der Waals surface area contributed by atoms with Crippen LogP contribution in [-0.4, -0.2) is 13.2 Å². The van der Waals surface area contributed by atoms with Gasteiger partial charge in [0.2, 0.25) is 0 Å². The molecule has 0 atom stereocenters. The fraction of sp³-hybridized carbons (Fsp3) is 0.850.